The molecule has 0 fully saturated rings. The summed E-state index contributed by atoms with van der Waals surface area (Å²) in [6.07, 6.45) is 0. The Morgan fingerprint density at radius 2 is 1.05 bits per heavy atom. The van der Waals surface area contributed by atoms with Gasteiger partial charge in [0.15, 0.2) is 0 Å². The fourth-order valence-corrected chi connectivity index (χ4v) is 2.54. The standard InChI is InChI=1S/C16H8N2O2/c19-15-13-7-11-5-9-3-1-2-4-10(9)6-12(11)8-14(13)16(20)18-17-15/h1-8H. The molecular weight excluding hydrogens is 252 g/mol. The number of fused-ring (bicyclic) bond motifs is 3. The first-order chi connectivity index (χ1) is 9.72. The van der Waals surface area contributed by atoms with Crippen molar-refractivity contribution in [1.29, 1.82) is 0 Å². The molecule has 94 valence electrons. The van der Waals surface area contributed by atoms with Crippen LogP contribution >= 0.6 is 0 Å². The van der Waals surface area contributed by atoms with Crippen LogP contribution in [0.4, 0.5) is 0 Å². The van der Waals surface area contributed by atoms with Crippen LogP contribution in [-0.2, 0) is 0 Å². The summed E-state index contributed by atoms with van der Waals surface area (Å²) >= 11 is 0. The predicted octanol–water partition coefficient (Wildman–Crippen LogP) is 3.74. The first-order valence-corrected chi connectivity index (χ1v) is 6.19. The average Bonchev–Trinajstić information content (AvgIpc) is 2.47. The molecule has 4 heteroatoms. The third kappa shape index (κ3) is 1.48. The van der Waals surface area contributed by atoms with Crippen LogP contribution in [-0.4, -0.2) is 11.8 Å². The molecule has 0 aromatic heterocycles. The summed E-state index contributed by atoms with van der Waals surface area (Å²) in [5.41, 5.74) is 0.653. The minimum atomic E-state index is -0.463. The highest BCUT2D eigenvalue weighted by molar-refractivity contribution is 6.14. The quantitative estimate of drug-likeness (QED) is 0.578. The summed E-state index contributed by atoms with van der Waals surface area (Å²) in [6, 6.07) is 15.4. The molecule has 0 unspecified atom stereocenters. The van der Waals surface area contributed by atoms with Gasteiger partial charge in [-0.25, -0.2) is 0 Å². The Morgan fingerprint density at radius 1 is 0.600 bits per heavy atom. The van der Waals surface area contributed by atoms with Gasteiger partial charge in [-0.1, -0.05) is 24.3 Å². The highest BCUT2D eigenvalue weighted by atomic mass is 16.2. The fraction of sp³-hybridized carbons (Fsp3) is 0. The van der Waals surface area contributed by atoms with Crippen LogP contribution in [0.1, 0.15) is 20.7 Å². The number of rotatable bonds is 0. The van der Waals surface area contributed by atoms with Crippen molar-refractivity contribution >= 4 is 33.4 Å². The Hall–Kier alpha value is -2.88. The lowest BCUT2D eigenvalue weighted by molar-refractivity contribution is 0.0921. The van der Waals surface area contributed by atoms with E-state index in [1.165, 1.54) is 0 Å². The van der Waals surface area contributed by atoms with E-state index >= 15 is 0 Å². The number of nitrogens with zero attached hydrogens (tertiary/aromatic N) is 2. The zero-order chi connectivity index (χ0) is 13.7. The number of carbonyl (C=O) groups excluding carboxylic acids is 2. The lowest BCUT2D eigenvalue weighted by Crippen LogP contribution is -2.10. The molecule has 0 spiro atoms. The molecule has 3 aromatic rings. The minimum absolute atomic E-state index is 0.327. The molecule has 0 radical (unpaired) electrons. The van der Waals surface area contributed by atoms with Crippen molar-refractivity contribution in [1.82, 2.24) is 0 Å². The summed E-state index contributed by atoms with van der Waals surface area (Å²) in [4.78, 5) is 23.5. The van der Waals surface area contributed by atoms with E-state index in [9.17, 15) is 9.59 Å². The van der Waals surface area contributed by atoms with Gasteiger partial charge in [0.05, 0.1) is 11.1 Å². The lowest BCUT2D eigenvalue weighted by Gasteiger charge is -2.09. The van der Waals surface area contributed by atoms with Gasteiger partial charge >= 0.3 is 0 Å². The van der Waals surface area contributed by atoms with E-state index in [1.807, 2.05) is 36.4 Å². The molecule has 0 saturated heterocycles. The van der Waals surface area contributed by atoms with Crippen molar-refractivity contribution in [2.24, 2.45) is 10.2 Å². The van der Waals surface area contributed by atoms with Crippen LogP contribution in [0.2, 0.25) is 0 Å². The van der Waals surface area contributed by atoms with Gasteiger partial charge in [0.2, 0.25) is 0 Å². The molecule has 3 aromatic carbocycles. The summed E-state index contributed by atoms with van der Waals surface area (Å²) in [5.74, 6) is -0.927. The molecule has 1 aliphatic heterocycles. The van der Waals surface area contributed by atoms with E-state index in [-0.39, 0.29) is 0 Å². The van der Waals surface area contributed by atoms with E-state index in [0.717, 1.165) is 21.5 Å². The first kappa shape index (κ1) is 11.0. The van der Waals surface area contributed by atoms with Gasteiger partial charge < -0.3 is 0 Å². The van der Waals surface area contributed by atoms with Crippen molar-refractivity contribution in [3.8, 4) is 0 Å². The van der Waals surface area contributed by atoms with Gasteiger partial charge in [-0.3, -0.25) is 9.59 Å². The number of amides is 2. The summed E-state index contributed by atoms with van der Waals surface area (Å²) in [7, 11) is 0. The molecule has 1 heterocycles. The number of azo groups is 1. The predicted molar refractivity (Wildman–Crippen MR) is 75.0 cm³/mol. The highest BCUT2D eigenvalue weighted by Crippen LogP contribution is 2.28. The Balaban J connectivity index is 2.11. The van der Waals surface area contributed by atoms with Crippen molar-refractivity contribution in [2.45, 2.75) is 0 Å². The van der Waals surface area contributed by atoms with Crippen molar-refractivity contribution < 1.29 is 9.59 Å². The number of hydrogen-bond donors (Lipinski definition) is 0. The van der Waals surface area contributed by atoms with Gasteiger partial charge in [0.1, 0.15) is 0 Å². The highest BCUT2D eigenvalue weighted by Gasteiger charge is 2.22. The SMILES string of the molecule is O=C1N=NC(=O)c2cc3cc4ccccc4cc3cc21. The second-order valence-electron chi connectivity index (χ2n) is 4.75. The lowest BCUT2D eigenvalue weighted by atomic mass is 9.97. The van der Waals surface area contributed by atoms with Gasteiger partial charge in [-0.05, 0) is 45.8 Å². The van der Waals surface area contributed by atoms with Crippen LogP contribution in [0.5, 0.6) is 0 Å². The van der Waals surface area contributed by atoms with E-state index in [1.54, 1.807) is 12.1 Å². The summed E-state index contributed by atoms with van der Waals surface area (Å²) in [6.45, 7) is 0. The molecule has 1 aliphatic rings. The zero-order valence-corrected chi connectivity index (χ0v) is 10.3. The van der Waals surface area contributed by atoms with Gasteiger partial charge in [-0.15, -0.1) is 10.2 Å². The average molecular weight is 260 g/mol. The molecule has 4 nitrogen and oxygen atoms in total. The van der Waals surface area contributed by atoms with Gasteiger partial charge in [-0.2, -0.15) is 0 Å². The van der Waals surface area contributed by atoms with Crippen molar-refractivity contribution in [2.75, 3.05) is 0 Å². The number of benzene rings is 3. The van der Waals surface area contributed by atoms with E-state index in [0.29, 0.717) is 11.1 Å². The zero-order valence-electron chi connectivity index (χ0n) is 10.3. The Morgan fingerprint density at radius 3 is 1.50 bits per heavy atom. The minimum Gasteiger partial charge on any atom is -0.265 e. The smallest absolute Gasteiger partial charge is 0.265 e. The Labute approximate surface area is 113 Å². The van der Waals surface area contributed by atoms with Gasteiger partial charge in [0, 0.05) is 0 Å². The third-order valence-electron chi connectivity index (χ3n) is 3.53. The molecule has 20 heavy (non-hydrogen) atoms. The fourth-order valence-electron chi connectivity index (χ4n) is 2.54. The largest absolute Gasteiger partial charge is 0.296 e. The van der Waals surface area contributed by atoms with E-state index in [4.69, 9.17) is 0 Å². The van der Waals surface area contributed by atoms with E-state index in [2.05, 4.69) is 10.2 Å². The molecule has 0 saturated carbocycles. The topological polar surface area (TPSA) is 58.9 Å². The maximum absolute atomic E-state index is 11.7. The maximum Gasteiger partial charge on any atom is 0.296 e. The monoisotopic (exact) mass is 260 g/mol. The first-order valence-electron chi connectivity index (χ1n) is 6.19. The molecule has 0 atom stereocenters. The molecular formula is C16H8N2O2. The van der Waals surface area contributed by atoms with Crippen molar-refractivity contribution in [3.63, 3.8) is 0 Å². The maximum atomic E-state index is 11.7. The molecule has 0 aliphatic carbocycles. The second-order valence-corrected chi connectivity index (χ2v) is 4.75. The van der Waals surface area contributed by atoms with Crippen LogP contribution < -0.4 is 0 Å². The normalized spacial score (nSPS) is 14.0. The molecule has 0 N–H and O–H groups in total. The summed E-state index contributed by atoms with van der Waals surface area (Å²) < 4.78 is 0. The Kier molecular flexibility index (Phi) is 2.09. The summed E-state index contributed by atoms with van der Waals surface area (Å²) in [5, 5.41) is 10.7. The molecule has 4 rings (SSSR count). The Bertz CT molecular complexity index is 866. The van der Waals surface area contributed by atoms with Crippen LogP contribution in [0.25, 0.3) is 21.5 Å². The van der Waals surface area contributed by atoms with E-state index < -0.39 is 11.8 Å². The number of carbonyl (C=O) groups is 2. The number of hydrogen-bond acceptors (Lipinski definition) is 2. The van der Waals surface area contributed by atoms with Crippen LogP contribution in [0, 0.1) is 0 Å². The van der Waals surface area contributed by atoms with Crippen molar-refractivity contribution in [3.05, 3.63) is 59.7 Å². The second kappa shape index (κ2) is 3.81. The van der Waals surface area contributed by atoms with Crippen LogP contribution in [0.15, 0.2) is 58.8 Å². The molecule has 0 bridgehead atoms. The van der Waals surface area contributed by atoms with Crippen LogP contribution in [0.3, 0.4) is 0 Å². The molecule has 2 amide bonds. The third-order valence-corrected chi connectivity index (χ3v) is 3.53. The van der Waals surface area contributed by atoms with Gasteiger partial charge in [0.25, 0.3) is 11.8 Å².